The highest BCUT2D eigenvalue weighted by atomic mass is 32.2. The summed E-state index contributed by atoms with van der Waals surface area (Å²) in [6, 6.07) is 12.6. The molecule has 2 aliphatic rings. The Morgan fingerprint density at radius 3 is 2.51 bits per heavy atom. The molecule has 6 rings (SSSR count). The summed E-state index contributed by atoms with van der Waals surface area (Å²) in [5, 5.41) is 10.3. The molecule has 262 valence electrons. The Kier molecular flexibility index (Phi) is 10.7. The molecule has 2 N–H and O–H groups in total. The smallest absolute Gasteiger partial charge is 0.233 e. The molecule has 2 aromatic carbocycles. The molecular weight excluding hydrogens is 645 g/mol. The molecule has 0 unspecified atom stereocenters. The molecule has 0 bridgehead atoms. The zero-order valence-corrected chi connectivity index (χ0v) is 29.5. The summed E-state index contributed by atoms with van der Waals surface area (Å²) in [6.45, 7) is 11.3. The van der Waals surface area contributed by atoms with E-state index in [1.165, 1.54) is 10.1 Å². The van der Waals surface area contributed by atoms with Crippen molar-refractivity contribution in [1.82, 2.24) is 29.4 Å². The lowest BCUT2D eigenvalue weighted by Crippen LogP contribution is -2.39. The number of nitrogens with one attached hydrogen (secondary N) is 2. The third-order valence-electron chi connectivity index (χ3n) is 9.41. The first-order valence-electron chi connectivity index (χ1n) is 17.0. The van der Waals surface area contributed by atoms with Gasteiger partial charge in [-0.05, 0) is 87.9 Å². The third kappa shape index (κ3) is 7.81. The molecule has 2 saturated heterocycles. The van der Waals surface area contributed by atoms with Crippen molar-refractivity contribution in [1.29, 1.82) is 0 Å². The number of sulfone groups is 1. The van der Waals surface area contributed by atoms with Gasteiger partial charge >= 0.3 is 0 Å². The predicted octanol–water partition coefficient (Wildman–Crippen LogP) is 4.93. The van der Waals surface area contributed by atoms with Gasteiger partial charge in [-0.1, -0.05) is 12.1 Å². The molecule has 14 heteroatoms. The highest BCUT2D eigenvalue weighted by molar-refractivity contribution is 7.92. The zero-order valence-electron chi connectivity index (χ0n) is 28.7. The second-order valence-electron chi connectivity index (χ2n) is 12.9. The van der Waals surface area contributed by atoms with Gasteiger partial charge in [0, 0.05) is 38.7 Å². The number of aryl methyl sites for hydroxylation is 1. The number of morpholine rings is 1. The van der Waals surface area contributed by atoms with Gasteiger partial charge in [0.25, 0.3) is 0 Å². The van der Waals surface area contributed by atoms with Crippen molar-refractivity contribution in [3.63, 3.8) is 0 Å². The fourth-order valence-corrected chi connectivity index (χ4v) is 7.76. The average molecular weight is 691 g/mol. The number of hydrogen-bond acceptors (Lipinski definition) is 11. The van der Waals surface area contributed by atoms with Crippen LogP contribution in [0.2, 0.25) is 0 Å². The molecule has 0 radical (unpaired) electrons. The maximum atomic E-state index is 13.1. The van der Waals surface area contributed by atoms with E-state index in [9.17, 15) is 13.2 Å². The first-order valence-corrected chi connectivity index (χ1v) is 18.5. The van der Waals surface area contributed by atoms with E-state index in [0.29, 0.717) is 47.0 Å². The van der Waals surface area contributed by atoms with E-state index < -0.39 is 15.1 Å². The number of carbonyl (C=O) groups is 1. The van der Waals surface area contributed by atoms with Gasteiger partial charge in [0.05, 0.1) is 48.0 Å². The average Bonchev–Trinajstić information content (AvgIpc) is 3.58. The third-order valence-corrected chi connectivity index (χ3v) is 11.6. The molecule has 2 aliphatic heterocycles. The normalized spacial score (nSPS) is 16.3. The Labute approximate surface area is 287 Å². The van der Waals surface area contributed by atoms with Crippen LogP contribution in [-0.4, -0.2) is 102 Å². The maximum Gasteiger partial charge on any atom is 0.233 e. The van der Waals surface area contributed by atoms with Crippen molar-refractivity contribution in [3.8, 4) is 5.75 Å². The number of methoxy groups -OCH3 is 1. The second kappa shape index (κ2) is 15.1. The van der Waals surface area contributed by atoms with Crippen LogP contribution in [0.1, 0.15) is 56.6 Å². The Balaban J connectivity index is 1.15. The number of carbonyl (C=O) groups excluding carboxylic acids is 1. The van der Waals surface area contributed by atoms with Crippen LogP contribution in [-0.2, 0) is 19.4 Å². The number of fused-ring (bicyclic) bond motifs is 1. The van der Waals surface area contributed by atoms with E-state index in [2.05, 4.69) is 38.6 Å². The summed E-state index contributed by atoms with van der Waals surface area (Å²) in [5.74, 6) is 1.82. The molecular formula is C35H46N8O5S. The number of nitrogens with zero attached hydrogens (tertiary/aromatic N) is 6. The molecule has 49 heavy (non-hydrogen) atoms. The number of para-hydroxylation sites is 1. The molecule has 4 aromatic rings. The highest BCUT2D eigenvalue weighted by Crippen LogP contribution is 2.38. The minimum atomic E-state index is -3.56. The monoisotopic (exact) mass is 690 g/mol. The summed E-state index contributed by atoms with van der Waals surface area (Å²) in [4.78, 5) is 26.9. The van der Waals surface area contributed by atoms with E-state index >= 15 is 0 Å². The molecule has 1 amide bonds. The van der Waals surface area contributed by atoms with Crippen LogP contribution in [0.15, 0.2) is 53.6 Å². The van der Waals surface area contributed by atoms with Crippen LogP contribution >= 0.6 is 0 Å². The predicted molar refractivity (Wildman–Crippen MR) is 189 cm³/mol. The Bertz CT molecular complexity index is 1880. The van der Waals surface area contributed by atoms with E-state index in [1.807, 2.05) is 11.0 Å². The summed E-state index contributed by atoms with van der Waals surface area (Å²) < 4.78 is 39.0. The number of hydrogen-bond donors (Lipinski definition) is 2. The standard InChI is InChI=1S/C35H46N8O5S/c1-24(2)49(45,46)31-9-6-5-8-28(31)38-35-40-34(39-32-11-14-36-43(32)35)37-29-22-25(3)27(23-30(29)47-4)26-12-16-42(17-13-26)33(44)10-7-15-41-18-20-48-21-19-41/h5-6,8-9,11,14,22-24,26H,7,10,12-13,15-21H2,1-4H3,(H2,37,38,39,40). The number of piperidine rings is 1. The first kappa shape index (κ1) is 34.6. The van der Waals surface area contributed by atoms with E-state index in [4.69, 9.17) is 14.5 Å². The molecule has 0 saturated carbocycles. The van der Waals surface area contributed by atoms with Gasteiger partial charge in [-0.3, -0.25) is 9.69 Å². The van der Waals surface area contributed by atoms with Gasteiger partial charge in [0.2, 0.25) is 17.8 Å². The van der Waals surface area contributed by atoms with Gasteiger partial charge < -0.3 is 25.0 Å². The number of benzene rings is 2. The van der Waals surface area contributed by atoms with Crippen molar-refractivity contribution in [2.75, 3.05) is 63.7 Å². The lowest BCUT2D eigenvalue weighted by Gasteiger charge is -2.33. The van der Waals surface area contributed by atoms with Crippen molar-refractivity contribution >= 4 is 44.7 Å². The highest BCUT2D eigenvalue weighted by Gasteiger charge is 2.27. The summed E-state index contributed by atoms with van der Waals surface area (Å²) in [6.07, 6.45) is 4.88. The van der Waals surface area contributed by atoms with Crippen LogP contribution in [0.4, 0.5) is 23.3 Å². The Hall–Kier alpha value is -4.27. The SMILES string of the molecule is COc1cc(C2CCN(C(=O)CCCN3CCOCC3)CC2)c(C)cc1Nc1nc(Nc2ccccc2S(=O)(=O)C(C)C)n2nccc2n1. The zero-order chi connectivity index (χ0) is 34.5. The van der Waals surface area contributed by atoms with Crippen molar-refractivity contribution < 1.29 is 22.7 Å². The van der Waals surface area contributed by atoms with Crippen LogP contribution in [0, 0.1) is 6.92 Å². The fourth-order valence-electron chi connectivity index (χ4n) is 6.56. The quantitative estimate of drug-likeness (QED) is 0.209. The molecule has 4 heterocycles. The van der Waals surface area contributed by atoms with Crippen LogP contribution < -0.4 is 15.4 Å². The van der Waals surface area contributed by atoms with Crippen molar-refractivity contribution in [2.45, 2.75) is 62.5 Å². The van der Waals surface area contributed by atoms with Crippen LogP contribution in [0.3, 0.4) is 0 Å². The minimum Gasteiger partial charge on any atom is -0.495 e. The number of likely N-dealkylation sites (tertiary alicyclic amines) is 1. The number of ether oxygens (including phenoxy) is 2. The number of aromatic nitrogens is 4. The van der Waals surface area contributed by atoms with Gasteiger partial charge in [-0.15, -0.1) is 0 Å². The molecule has 0 atom stereocenters. The van der Waals surface area contributed by atoms with Crippen LogP contribution in [0.5, 0.6) is 5.75 Å². The van der Waals surface area contributed by atoms with E-state index in [-0.39, 0.29) is 10.8 Å². The van der Waals surface area contributed by atoms with E-state index in [0.717, 1.165) is 70.8 Å². The van der Waals surface area contributed by atoms with Gasteiger partial charge in [-0.25, -0.2) is 8.42 Å². The summed E-state index contributed by atoms with van der Waals surface area (Å²) in [7, 11) is -1.92. The summed E-state index contributed by atoms with van der Waals surface area (Å²) >= 11 is 0. The van der Waals surface area contributed by atoms with E-state index in [1.54, 1.807) is 57.5 Å². The molecule has 0 aliphatic carbocycles. The molecule has 2 fully saturated rings. The van der Waals surface area contributed by atoms with Gasteiger partial charge in [0.15, 0.2) is 15.5 Å². The maximum absolute atomic E-state index is 13.1. The Morgan fingerprint density at radius 2 is 1.78 bits per heavy atom. The largest absolute Gasteiger partial charge is 0.495 e. The lowest BCUT2D eigenvalue weighted by molar-refractivity contribution is -0.132. The molecule has 2 aromatic heterocycles. The number of anilines is 4. The minimum absolute atomic E-state index is 0.185. The number of rotatable bonds is 12. The Morgan fingerprint density at radius 1 is 1.02 bits per heavy atom. The van der Waals surface area contributed by atoms with Gasteiger partial charge in [0.1, 0.15) is 5.75 Å². The summed E-state index contributed by atoms with van der Waals surface area (Å²) in [5.41, 5.74) is 3.94. The second-order valence-corrected chi connectivity index (χ2v) is 15.4. The van der Waals surface area contributed by atoms with Crippen molar-refractivity contribution in [3.05, 3.63) is 59.8 Å². The topological polar surface area (TPSA) is 143 Å². The molecule has 0 spiro atoms. The first-order chi connectivity index (χ1) is 23.6. The van der Waals surface area contributed by atoms with Crippen molar-refractivity contribution in [2.24, 2.45) is 0 Å². The van der Waals surface area contributed by atoms with Crippen LogP contribution in [0.25, 0.3) is 5.65 Å². The van der Waals surface area contributed by atoms with Gasteiger partial charge in [-0.2, -0.15) is 19.6 Å². The number of amides is 1. The molecule has 13 nitrogen and oxygen atoms in total. The lowest BCUT2D eigenvalue weighted by atomic mass is 9.86. The fraction of sp³-hybridized carbons (Fsp3) is 0.486.